The van der Waals surface area contributed by atoms with Crippen molar-refractivity contribution in [2.24, 2.45) is 0 Å². The van der Waals surface area contributed by atoms with Gasteiger partial charge in [-0.3, -0.25) is 4.79 Å². The molecule has 0 radical (unpaired) electrons. The SMILES string of the molecule is CC(=O)NCCNc1nc(Nc2ccc(Cl)cc2)ncc1C(F)(F)F. The van der Waals surface area contributed by atoms with Gasteiger partial charge >= 0.3 is 6.18 Å². The molecule has 0 aliphatic carbocycles. The second kappa shape index (κ2) is 8.02. The van der Waals surface area contributed by atoms with Gasteiger partial charge in [0.05, 0.1) is 0 Å². The number of benzene rings is 1. The highest BCUT2D eigenvalue weighted by Gasteiger charge is 2.35. The summed E-state index contributed by atoms with van der Waals surface area (Å²) >= 11 is 5.78. The quantitative estimate of drug-likeness (QED) is 0.676. The normalized spacial score (nSPS) is 11.1. The number of carbonyl (C=O) groups is 1. The smallest absolute Gasteiger partial charge is 0.368 e. The molecule has 25 heavy (non-hydrogen) atoms. The summed E-state index contributed by atoms with van der Waals surface area (Å²) in [7, 11) is 0. The molecule has 3 N–H and O–H groups in total. The van der Waals surface area contributed by atoms with Gasteiger partial charge in [0.2, 0.25) is 11.9 Å². The van der Waals surface area contributed by atoms with Gasteiger partial charge in [-0.1, -0.05) is 11.6 Å². The summed E-state index contributed by atoms with van der Waals surface area (Å²) in [6.45, 7) is 1.57. The number of nitrogens with zero attached hydrogens (tertiary/aromatic N) is 2. The first-order valence-electron chi connectivity index (χ1n) is 7.21. The van der Waals surface area contributed by atoms with Gasteiger partial charge in [-0.2, -0.15) is 18.2 Å². The van der Waals surface area contributed by atoms with E-state index in [4.69, 9.17) is 11.6 Å². The first-order chi connectivity index (χ1) is 11.8. The lowest BCUT2D eigenvalue weighted by molar-refractivity contribution is -0.137. The number of carbonyl (C=O) groups excluding carboxylic acids is 1. The highest BCUT2D eigenvalue weighted by molar-refractivity contribution is 6.30. The minimum Gasteiger partial charge on any atom is -0.368 e. The molecule has 1 heterocycles. The number of hydrogen-bond acceptors (Lipinski definition) is 5. The number of aromatic nitrogens is 2. The average molecular weight is 374 g/mol. The van der Waals surface area contributed by atoms with E-state index in [0.717, 1.165) is 0 Å². The third kappa shape index (κ3) is 5.79. The summed E-state index contributed by atoms with van der Waals surface area (Å²) in [6.07, 6.45) is -3.90. The van der Waals surface area contributed by atoms with Crippen LogP contribution in [-0.4, -0.2) is 29.0 Å². The first-order valence-corrected chi connectivity index (χ1v) is 7.58. The molecule has 1 aromatic heterocycles. The molecule has 0 atom stereocenters. The lowest BCUT2D eigenvalue weighted by Crippen LogP contribution is -2.27. The molecule has 0 unspecified atom stereocenters. The van der Waals surface area contributed by atoms with E-state index in [-0.39, 0.29) is 30.8 Å². The maximum absolute atomic E-state index is 13.1. The number of alkyl halides is 3. The molecular formula is C15H15ClF3N5O. The predicted octanol–water partition coefficient (Wildman–Crippen LogP) is 3.44. The largest absolute Gasteiger partial charge is 0.421 e. The monoisotopic (exact) mass is 373 g/mol. The zero-order valence-electron chi connectivity index (χ0n) is 13.1. The predicted molar refractivity (Wildman–Crippen MR) is 88.9 cm³/mol. The van der Waals surface area contributed by atoms with Crippen LogP contribution in [0.5, 0.6) is 0 Å². The Morgan fingerprint density at radius 2 is 1.88 bits per heavy atom. The van der Waals surface area contributed by atoms with Crippen LogP contribution in [0.4, 0.5) is 30.6 Å². The summed E-state index contributed by atoms with van der Waals surface area (Å²) in [5.41, 5.74) is -0.412. The number of rotatable bonds is 6. The Bertz CT molecular complexity index is 737. The van der Waals surface area contributed by atoms with Crippen molar-refractivity contribution < 1.29 is 18.0 Å². The van der Waals surface area contributed by atoms with E-state index in [0.29, 0.717) is 16.9 Å². The fourth-order valence-electron chi connectivity index (χ4n) is 1.87. The fourth-order valence-corrected chi connectivity index (χ4v) is 1.99. The van der Waals surface area contributed by atoms with Crippen LogP contribution >= 0.6 is 11.6 Å². The van der Waals surface area contributed by atoms with Crippen LogP contribution in [0.25, 0.3) is 0 Å². The van der Waals surface area contributed by atoms with Crippen molar-refractivity contribution in [3.63, 3.8) is 0 Å². The molecule has 0 bridgehead atoms. The number of nitrogens with one attached hydrogen (secondary N) is 3. The molecule has 0 saturated carbocycles. The van der Waals surface area contributed by atoms with Gasteiger partial charge in [-0.25, -0.2) is 4.98 Å². The minimum atomic E-state index is -4.60. The molecule has 2 rings (SSSR count). The Morgan fingerprint density at radius 1 is 1.20 bits per heavy atom. The topological polar surface area (TPSA) is 78.9 Å². The van der Waals surface area contributed by atoms with Crippen LogP contribution in [0.1, 0.15) is 12.5 Å². The third-order valence-electron chi connectivity index (χ3n) is 2.99. The lowest BCUT2D eigenvalue weighted by Gasteiger charge is -2.15. The van der Waals surface area contributed by atoms with Crippen LogP contribution in [0, 0.1) is 0 Å². The Kier molecular flexibility index (Phi) is 6.02. The van der Waals surface area contributed by atoms with E-state index in [2.05, 4.69) is 25.9 Å². The second-order valence-electron chi connectivity index (χ2n) is 5.00. The van der Waals surface area contributed by atoms with E-state index in [1.807, 2.05) is 0 Å². The summed E-state index contributed by atoms with van der Waals surface area (Å²) < 4.78 is 39.2. The van der Waals surface area contributed by atoms with Crippen LogP contribution in [0.3, 0.4) is 0 Å². The number of anilines is 3. The lowest BCUT2D eigenvalue weighted by atomic mass is 10.3. The molecule has 0 aliphatic heterocycles. The Hall–Kier alpha value is -2.55. The van der Waals surface area contributed by atoms with Crippen molar-refractivity contribution in [1.29, 1.82) is 0 Å². The van der Waals surface area contributed by atoms with Crippen molar-refractivity contribution in [3.05, 3.63) is 41.0 Å². The van der Waals surface area contributed by atoms with E-state index in [1.165, 1.54) is 6.92 Å². The first kappa shape index (κ1) is 18.8. The number of amides is 1. The molecule has 2 aromatic rings. The highest BCUT2D eigenvalue weighted by Crippen LogP contribution is 2.34. The third-order valence-corrected chi connectivity index (χ3v) is 3.24. The number of halogens is 4. The zero-order valence-corrected chi connectivity index (χ0v) is 13.9. The molecule has 1 aromatic carbocycles. The second-order valence-corrected chi connectivity index (χ2v) is 5.43. The Morgan fingerprint density at radius 3 is 2.48 bits per heavy atom. The van der Waals surface area contributed by atoms with Crippen molar-refractivity contribution >= 4 is 35.0 Å². The molecule has 0 spiro atoms. The Balaban J connectivity index is 2.17. The van der Waals surface area contributed by atoms with Gasteiger partial charge in [0.25, 0.3) is 0 Å². The van der Waals surface area contributed by atoms with Crippen LogP contribution in [-0.2, 0) is 11.0 Å². The van der Waals surface area contributed by atoms with Gasteiger partial charge in [-0.15, -0.1) is 0 Å². The number of hydrogen-bond donors (Lipinski definition) is 3. The zero-order chi connectivity index (χ0) is 18.4. The molecule has 0 fully saturated rings. The van der Waals surface area contributed by atoms with Crippen LogP contribution in [0.15, 0.2) is 30.5 Å². The molecule has 6 nitrogen and oxygen atoms in total. The summed E-state index contributed by atoms with van der Waals surface area (Å²) in [6, 6.07) is 6.54. The van der Waals surface area contributed by atoms with E-state index in [1.54, 1.807) is 24.3 Å². The molecule has 134 valence electrons. The van der Waals surface area contributed by atoms with Crippen LogP contribution in [0.2, 0.25) is 5.02 Å². The molecule has 1 amide bonds. The van der Waals surface area contributed by atoms with Gasteiger partial charge in [0.15, 0.2) is 0 Å². The maximum Gasteiger partial charge on any atom is 0.421 e. The van der Waals surface area contributed by atoms with Crippen LogP contribution < -0.4 is 16.0 Å². The standard InChI is InChI=1S/C15H15ClF3N5O/c1-9(25)20-6-7-21-13-12(15(17,18)19)8-22-14(24-13)23-11-4-2-10(16)3-5-11/h2-5,8H,6-7H2,1H3,(H,20,25)(H2,21,22,23,24). The molecular weight excluding hydrogens is 359 g/mol. The maximum atomic E-state index is 13.1. The molecule has 0 aliphatic rings. The van der Waals surface area contributed by atoms with Gasteiger partial charge in [-0.05, 0) is 24.3 Å². The van der Waals surface area contributed by atoms with Crippen molar-refractivity contribution in [2.45, 2.75) is 13.1 Å². The summed E-state index contributed by atoms with van der Waals surface area (Å²) in [4.78, 5) is 18.4. The Labute approximate surface area is 146 Å². The molecule has 10 heteroatoms. The van der Waals surface area contributed by atoms with Gasteiger partial charge in [0.1, 0.15) is 11.4 Å². The highest BCUT2D eigenvalue weighted by atomic mass is 35.5. The van der Waals surface area contributed by atoms with Crippen molar-refractivity contribution in [2.75, 3.05) is 23.7 Å². The fraction of sp³-hybridized carbons (Fsp3) is 0.267. The van der Waals surface area contributed by atoms with Gasteiger partial charge in [0, 0.05) is 36.9 Å². The van der Waals surface area contributed by atoms with Gasteiger partial charge < -0.3 is 16.0 Å². The summed E-state index contributed by atoms with van der Waals surface area (Å²) in [5, 5.41) is 8.37. The van der Waals surface area contributed by atoms with Crippen molar-refractivity contribution in [3.8, 4) is 0 Å². The molecule has 0 saturated heterocycles. The minimum absolute atomic E-state index is 0.00245. The van der Waals surface area contributed by atoms with E-state index in [9.17, 15) is 18.0 Å². The summed E-state index contributed by atoms with van der Waals surface area (Å²) in [5.74, 6) is -0.646. The average Bonchev–Trinajstić information content (AvgIpc) is 2.53. The van der Waals surface area contributed by atoms with E-state index >= 15 is 0 Å². The van der Waals surface area contributed by atoms with Crippen molar-refractivity contribution in [1.82, 2.24) is 15.3 Å². The van der Waals surface area contributed by atoms with E-state index < -0.39 is 11.7 Å².